The van der Waals surface area contributed by atoms with Gasteiger partial charge in [-0.15, -0.1) is 0 Å². The number of hydrogen-bond donors (Lipinski definition) is 2. The summed E-state index contributed by atoms with van der Waals surface area (Å²) in [6.07, 6.45) is -1.97. The van der Waals surface area contributed by atoms with Gasteiger partial charge in [-0.3, -0.25) is 4.79 Å². The molecule has 3 rings (SSSR count). The van der Waals surface area contributed by atoms with Crippen LogP contribution in [-0.2, 0) is 10.2 Å². The van der Waals surface area contributed by atoms with Crippen molar-refractivity contribution in [3.63, 3.8) is 0 Å². The molecule has 0 aromatic heterocycles. The molecular formula is C20H22O3S. The van der Waals surface area contributed by atoms with Crippen LogP contribution in [0.2, 0.25) is 0 Å². The minimum absolute atomic E-state index is 0.0632. The Kier molecular flexibility index (Phi) is 4.56. The summed E-state index contributed by atoms with van der Waals surface area (Å²) < 4.78 is 0. The molecule has 126 valence electrons. The second-order valence-electron chi connectivity index (χ2n) is 6.79. The lowest BCUT2D eigenvalue weighted by molar-refractivity contribution is -0.109. The fourth-order valence-corrected chi connectivity index (χ4v) is 4.01. The number of carbonyl (C=O) groups is 1. The van der Waals surface area contributed by atoms with Crippen molar-refractivity contribution in [2.75, 3.05) is 5.75 Å². The van der Waals surface area contributed by atoms with E-state index in [-0.39, 0.29) is 16.3 Å². The van der Waals surface area contributed by atoms with E-state index in [1.165, 1.54) is 23.6 Å². The van der Waals surface area contributed by atoms with Crippen LogP contribution in [0.15, 0.2) is 42.5 Å². The molecule has 2 unspecified atom stereocenters. The van der Waals surface area contributed by atoms with Crippen LogP contribution in [0.5, 0.6) is 0 Å². The molecule has 2 aromatic rings. The molecule has 2 atom stereocenters. The molecular weight excluding hydrogens is 320 g/mol. The maximum Gasteiger partial charge on any atom is 0.185 e. The van der Waals surface area contributed by atoms with Crippen molar-refractivity contribution in [1.82, 2.24) is 0 Å². The predicted octanol–water partition coefficient (Wildman–Crippen LogP) is 3.67. The monoisotopic (exact) mass is 342 g/mol. The van der Waals surface area contributed by atoms with Gasteiger partial charge >= 0.3 is 0 Å². The molecule has 0 fully saturated rings. The summed E-state index contributed by atoms with van der Waals surface area (Å²) in [6.45, 7) is 5.81. The van der Waals surface area contributed by atoms with Crippen molar-refractivity contribution >= 4 is 16.9 Å². The first kappa shape index (κ1) is 17.2. The highest BCUT2D eigenvalue weighted by molar-refractivity contribution is 8.13. The SMILES string of the molecule is CC(=O)SCC(O)C(O)c1ccc2c(c1)C(C)(C)c1ccccc1-2. The Hall–Kier alpha value is -1.62. The van der Waals surface area contributed by atoms with Crippen molar-refractivity contribution in [2.45, 2.75) is 38.4 Å². The normalized spacial score (nSPS) is 17.0. The van der Waals surface area contributed by atoms with Crippen LogP contribution < -0.4 is 0 Å². The van der Waals surface area contributed by atoms with Crippen LogP contribution in [0.4, 0.5) is 0 Å². The van der Waals surface area contributed by atoms with E-state index in [0.717, 1.165) is 17.3 Å². The van der Waals surface area contributed by atoms with E-state index in [0.29, 0.717) is 5.56 Å². The Morgan fingerprint density at radius 2 is 1.75 bits per heavy atom. The second kappa shape index (κ2) is 6.36. The molecule has 2 aromatic carbocycles. The van der Waals surface area contributed by atoms with Gasteiger partial charge in [0.05, 0.1) is 6.10 Å². The van der Waals surface area contributed by atoms with E-state index in [1.807, 2.05) is 30.3 Å². The summed E-state index contributed by atoms with van der Waals surface area (Å²) in [5.41, 5.74) is 5.39. The topological polar surface area (TPSA) is 57.5 Å². The van der Waals surface area contributed by atoms with Crippen molar-refractivity contribution in [3.05, 3.63) is 59.2 Å². The average molecular weight is 342 g/mol. The molecule has 24 heavy (non-hydrogen) atoms. The van der Waals surface area contributed by atoms with Gasteiger partial charge in [-0.05, 0) is 27.8 Å². The average Bonchev–Trinajstić information content (AvgIpc) is 2.80. The first-order valence-corrected chi connectivity index (χ1v) is 9.04. The maximum absolute atomic E-state index is 11.0. The van der Waals surface area contributed by atoms with Gasteiger partial charge in [-0.2, -0.15) is 0 Å². The quantitative estimate of drug-likeness (QED) is 0.890. The van der Waals surface area contributed by atoms with Crippen molar-refractivity contribution in [1.29, 1.82) is 0 Å². The largest absolute Gasteiger partial charge is 0.389 e. The van der Waals surface area contributed by atoms with E-state index in [2.05, 4.69) is 26.0 Å². The highest BCUT2D eigenvalue weighted by Crippen LogP contribution is 2.49. The number of benzene rings is 2. The number of hydrogen-bond acceptors (Lipinski definition) is 4. The van der Waals surface area contributed by atoms with Crippen LogP contribution in [0.1, 0.15) is 43.6 Å². The third-order valence-electron chi connectivity index (χ3n) is 4.77. The molecule has 0 saturated carbocycles. The Labute approximate surface area is 146 Å². The summed E-state index contributed by atoms with van der Waals surface area (Å²) in [6, 6.07) is 14.2. The first-order chi connectivity index (χ1) is 11.3. The molecule has 0 aliphatic heterocycles. The second-order valence-corrected chi connectivity index (χ2v) is 7.99. The van der Waals surface area contributed by atoms with Crippen LogP contribution in [0.3, 0.4) is 0 Å². The fraction of sp³-hybridized carbons (Fsp3) is 0.350. The molecule has 0 saturated heterocycles. The van der Waals surface area contributed by atoms with Gasteiger partial charge in [-0.1, -0.05) is 68.1 Å². The van der Waals surface area contributed by atoms with E-state index < -0.39 is 12.2 Å². The third kappa shape index (κ3) is 2.90. The lowest BCUT2D eigenvalue weighted by Gasteiger charge is -2.23. The minimum Gasteiger partial charge on any atom is -0.389 e. The number of aliphatic hydroxyl groups excluding tert-OH is 2. The summed E-state index contributed by atoms with van der Waals surface area (Å²) in [4.78, 5) is 11.0. The molecule has 4 heteroatoms. The summed E-state index contributed by atoms with van der Waals surface area (Å²) in [7, 11) is 0. The number of thioether (sulfide) groups is 1. The van der Waals surface area contributed by atoms with Gasteiger partial charge in [0.25, 0.3) is 0 Å². The maximum atomic E-state index is 11.0. The summed E-state index contributed by atoms with van der Waals surface area (Å²) >= 11 is 1.03. The van der Waals surface area contributed by atoms with Gasteiger partial charge < -0.3 is 10.2 Å². The first-order valence-electron chi connectivity index (χ1n) is 8.06. The van der Waals surface area contributed by atoms with E-state index >= 15 is 0 Å². The number of fused-ring (bicyclic) bond motifs is 3. The van der Waals surface area contributed by atoms with Gasteiger partial charge in [0, 0.05) is 18.1 Å². The predicted molar refractivity (Wildman–Crippen MR) is 98.1 cm³/mol. The van der Waals surface area contributed by atoms with Crippen LogP contribution in [-0.4, -0.2) is 27.2 Å². The summed E-state index contributed by atoms with van der Waals surface area (Å²) in [5.74, 6) is 0.192. The number of rotatable bonds is 4. The minimum atomic E-state index is -0.998. The highest BCUT2D eigenvalue weighted by Gasteiger charge is 2.35. The highest BCUT2D eigenvalue weighted by atomic mass is 32.2. The van der Waals surface area contributed by atoms with Crippen molar-refractivity contribution in [2.24, 2.45) is 0 Å². The summed E-state index contributed by atoms with van der Waals surface area (Å²) in [5, 5.41) is 20.5. The Balaban J connectivity index is 1.93. The molecule has 0 spiro atoms. The Morgan fingerprint density at radius 1 is 1.08 bits per heavy atom. The number of aliphatic hydroxyl groups is 2. The van der Waals surface area contributed by atoms with Crippen molar-refractivity contribution < 1.29 is 15.0 Å². The standard InChI is InChI=1S/C20H22O3S/c1-12(21)24-11-18(22)19(23)13-8-9-15-14-6-4-5-7-16(14)20(2,3)17(15)10-13/h4-10,18-19,22-23H,11H2,1-3H3. The zero-order chi connectivity index (χ0) is 17.5. The molecule has 1 aliphatic carbocycles. The fourth-order valence-electron chi connectivity index (χ4n) is 3.42. The molecule has 3 nitrogen and oxygen atoms in total. The zero-order valence-corrected chi connectivity index (χ0v) is 14.9. The van der Waals surface area contributed by atoms with E-state index in [4.69, 9.17) is 0 Å². The van der Waals surface area contributed by atoms with Crippen LogP contribution in [0.25, 0.3) is 11.1 Å². The Bertz CT molecular complexity index is 782. The third-order valence-corrected chi connectivity index (χ3v) is 5.69. The molecule has 0 radical (unpaired) electrons. The molecule has 0 amide bonds. The van der Waals surface area contributed by atoms with Crippen LogP contribution in [0, 0.1) is 0 Å². The molecule has 2 N–H and O–H groups in total. The van der Waals surface area contributed by atoms with E-state index in [9.17, 15) is 15.0 Å². The Morgan fingerprint density at radius 3 is 2.46 bits per heavy atom. The van der Waals surface area contributed by atoms with Crippen LogP contribution >= 0.6 is 11.8 Å². The molecule has 0 heterocycles. The van der Waals surface area contributed by atoms with Gasteiger partial charge in [0.15, 0.2) is 5.12 Å². The van der Waals surface area contributed by atoms with Gasteiger partial charge in [0.1, 0.15) is 6.10 Å². The van der Waals surface area contributed by atoms with E-state index in [1.54, 1.807) is 0 Å². The molecule has 1 aliphatic rings. The van der Waals surface area contributed by atoms with Gasteiger partial charge in [-0.25, -0.2) is 0 Å². The smallest absolute Gasteiger partial charge is 0.185 e. The van der Waals surface area contributed by atoms with Crippen molar-refractivity contribution in [3.8, 4) is 11.1 Å². The zero-order valence-electron chi connectivity index (χ0n) is 14.1. The molecule has 0 bridgehead atoms. The lowest BCUT2D eigenvalue weighted by atomic mass is 9.81. The lowest BCUT2D eigenvalue weighted by Crippen LogP contribution is -2.22. The number of carbonyl (C=O) groups excluding carboxylic acids is 1. The van der Waals surface area contributed by atoms with Gasteiger partial charge in [0.2, 0.25) is 0 Å².